The third-order valence-electron chi connectivity index (χ3n) is 3.63. The van der Waals surface area contributed by atoms with E-state index >= 15 is 0 Å². The third-order valence-corrected chi connectivity index (χ3v) is 4.35. The average Bonchev–Trinajstić information content (AvgIpc) is 2.86. The molecular formula is C15H19N3OS. The van der Waals surface area contributed by atoms with Gasteiger partial charge in [-0.3, -0.25) is 9.69 Å². The van der Waals surface area contributed by atoms with Crippen LogP contribution < -0.4 is 10.2 Å². The molecule has 1 aliphatic rings. The lowest BCUT2D eigenvalue weighted by Crippen LogP contribution is -2.51. The SMILES string of the molecule is O=c1[nH]c(CN2CCNC(Cc3ccccc3)C2)cs1. The van der Waals surface area contributed by atoms with Gasteiger partial charge < -0.3 is 10.3 Å². The molecule has 0 spiro atoms. The van der Waals surface area contributed by atoms with E-state index in [1.807, 2.05) is 5.38 Å². The second-order valence-corrected chi connectivity index (χ2v) is 6.09. The summed E-state index contributed by atoms with van der Waals surface area (Å²) >= 11 is 1.24. The molecule has 0 aliphatic carbocycles. The van der Waals surface area contributed by atoms with Crippen molar-refractivity contribution in [2.45, 2.75) is 19.0 Å². The Hall–Kier alpha value is -1.43. The van der Waals surface area contributed by atoms with Crippen molar-refractivity contribution >= 4 is 11.3 Å². The minimum atomic E-state index is 0.0379. The predicted molar refractivity (Wildman–Crippen MR) is 82.2 cm³/mol. The third kappa shape index (κ3) is 3.56. The molecule has 3 rings (SSSR count). The first-order chi connectivity index (χ1) is 9.79. The Kier molecular flexibility index (Phi) is 4.30. The van der Waals surface area contributed by atoms with E-state index in [9.17, 15) is 4.79 Å². The quantitative estimate of drug-likeness (QED) is 0.896. The molecule has 2 heterocycles. The molecule has 5 heteroatoms. The number of H-pyrrole nitrogens is 1. The van der Waals surface area contributed by atoms with Crippen molar-refractivity contribution in [3.8, 4) is 0 Å². The number of hydrogen-bond acceptors (Lipinski definition) is 4. The number of hydrogen-bond donors (Lipinski definition) is 2. The van der Waals surface area contributed by atoms with Crippen LogP contribution in [-0.4, -0.2) is 35.6 Å². The standard InChI is InChI=1S/C15H19N3OS/c19-15-17-14(11-20-15)10-18-7-6-16-13(9-18)8-12-4-2-1-3-5-12/h1-5,11,13,16H,6-10H2,(H,17,19). The molecule has 1 aromatic carbocycles. The summed E-state index contributed by atoms with van der Waals surface area (Å²) in [5.74, 6) is 0. The zero-order valence-electron chi connectivity index (χ0n) is 11.3. The molecular weight excluding hydrogens is 270 g/mol. The van der Waals surface area contributed by atoms with Gasteiger partial charge in [-0.2, -0.15) is 0 Å². The smallest absolute Gasteiger partial charge is 0.304 e. The largest absolute Gasteiger partial charge is 0.315 e. The van der Waals surface area contributed by atoms with E-state index in [0.29, 0.717) is 6.04 Å². The van der Waals surface area contributed by atoms with Gasteiger partial charge in [0.05, 0.1) is 0 Å². The van der Waals surface area contributed by atoms with Crippen LogP contribution in [-0.2, 0) is 13.0 Å². The number of piperazine rings is 1. The summed E-state index contributed by atoms with van der Waals surface area (Å²) in [6.07, 6.45) is 1.05. The maximum atomic E-state index is 11.2. The van der Waals surface area contributed by atoms with Gasteiger partial charge in [0.2, 0.25) is 0 Å². The molecule has 1 fully saturated rings. The number of rotatable bonds is 4. The summed E-state index contributed by atoms with van der Waals surface area (Å²) < 4.78 is 0. The van der Waals surface area contributed by atoms with Crippen LogP contribution in [0, 0.1) is 0 Å². The van der Waals surface area contributed by atoms with E-state index in [1.165, 1.54) is 16.9 Å². The molecule has 0 radical (unpaired) electrons. The maximum absolute atomic E-state index is 11.2. The van der Waals surface area contributed by atoms with Gasteiger partial charge in [0.15, 0.2) is 0 Å². The van der Waals surface area contributed by atoms with Crippen molar-refractivity contribution in [3.63, 3.8) is 0 Å². The Morgan fingerprint density at radius 1 is 1.30 bits per heavy atom. The number of aromatic nitrogens is 1. The van der Waals surface area contributed by atoms with Gasteiger partial charge in [-0.15, -0.1) is 0 Å². The number of aromatic amines is 1. The van der Waals surface area contributed by atoms with Crippen molar-refractivity contribution in [1.82, 2.24) is 15.2 Å². The fraction of sp³-hybridized carbons (Fsp3) is 0.400. The molecule has 0 saturated carbocycles. The molecule has 4 nitrogen and oxygen atoms in total. The topological polar surface area (TPSA) is 48.1 Å². The molecule has 1 unspecified atom stereocenters. The molecule has 106 valence electrons. The Labute approximate surface area is 122 Å². The van der Waals surface area contributed by atoms with Gasteiger partial charge in [0, 0.05) is 43.3 Å². The Bertz CT molecular complexity index is 592. The molecule has 20 heavy (non-hydrogen) atoms. The van der Waals surface area contributed by atoms with Gasteiger partial charge in [-0.05, 0) is 12.0 Å². The van der Waals surface area contributed by atoms with E-state index < -0.39 is 0 Å². The zero-order chi connectivity index (χ0) is 13.8. The van der Waals surface area contributed by atoms with E-state index in [1.54, 1.807) is 0 Å². The van der Waals surface area contributed by atoms with Crippen LogP contribution in [0.25, 0.3) is 0 Å². The van der Waals surface area contributed by atoms with Crippen molar-refractivity contribution in [3.05, 3.63) is 56.6 Å². The van der Waals surface area contributed by atoms with Crippen LogP contribution in [0.4, 0.5) is 0 Å². The lowest BCUT2D eigenvalue weighted by molar-refractivity contribution is 0.190. The summed E-state index contributed by atoms with van der Waals surface area (Å²) in [6.45, 7) is 3.90. The molecule has 1 aromatic heterocycles. The van der Waals surface area contributed by atoms with E-state index in [4.69, 9.17) is 0 Å². The van der Waals surface area contributed by atoms with E-state index in [-0.39, 0.29) is 4.87 Å². The number of thiazole rings is 1. The van der Waals surface area contributed by atoms with Crippen molar-refractivity contribution in [2.24, 2.45) is 0 Å². The first-order valence-corrected chi connectivity index (χ1v) is 7.84. The Morgan fingerprint density at radius 2 is 2.15 bits per heavy atom. The molecule has 0 amide bonds. The molecule has 0 bridgehead atoms. The molecule has 2 N–H and O–H groups in total. The lowest BCUT2D eigenvalue weighted by Gasteiger charge is -2.33. The van der Waals surface area contributed by atoms with E-state index in [2.05, 4.69) is 45.5 Å². The van der Waals surface area contributed by atoms with Crippen LogP contribution in [0.2, 0.25) is 0 Å². The van der Waals surface area contributed by atoms with Gasteiger partial charge >= 0.3 is 4.87 Å². The van der Waals surface area contributed by atoms with Gasteiger partial charge in [0.25, 0.3) is 0 Å². The molecule has 1 atom stereocenters. The average molecular weight is 289 g/mol. The van der Waals surface area contributed by atoms with Crippen LogP contribution in [0.15, 0.2) is 40.5 Å². The summed E-state index contributed by atoms with van der Waals surface area (Å²) in [5, 5.41) is 5.50. The molecule has 2 aromatic rings. The second-order valence-electron chi connectivity index (χ2n) is 5.25. The number of nitrogens with zero attached hydrogens (tertiary/aromatic N) is 1. The lowest BCUT2D eigenvalue weighted by atomic mass is 10.0. The van der Waals surface area contributed by atoms with Crippen LogP contribution in [0.1, 0.15) is 11.3 Å². The van der Waals surface area contributed by atoms with Crippen molar-refractivity contribution < 1.29 is 0 Å². The van der Waals surface area contributed by atoms with E-state index in [0.717, 1.165) is 38.3 Å². The maximum Gasteiger partial charge on any atom is 0.304 e. The van der Waals surface area contributed by atoms with Crippen LogP contribution in [0.3, 0.4) is 0 Å². The summed E-state index contributed by atoms with van der Waals surface area (Å²) in [6, 6.07) is 11.1. The van der Waals surface area contributed by atoms with Crippen molar-refractivity contribution in [2.75, 3.05) is 19.6 Å². The highest BCUT2D eigenvalue weighted by Crippen LogP contribution is 2.10. The predicted octanol–water partition coefficient (Wildman–Crippen LogP) is 1.45. The highest BCUT2D eigenvalue weighted by Gasteiger charge is 2.19. The normalized spacial score (nSPS) is 20.1. The summed E-state index contributed by atoms with van der Waals surface area (Å²) in [5.41, 5.74) is 2.40. The first kappa shape index (κ1) is 13.5. The highest BCUT2D eigenvalue weighted by molar-refractivity contribution is 7.07. The van der Waals surface area contributed by atoms with Gasteiger partial charge in [-0.1, -0.05) is 41.7 Å². The number of nitrogens with one attached hydrogen (secondary N) is 2. The summed E-state index contributed by atoms with van der Waals surface area (Å²) in [4.78, 5) is 16.5. The highest BCUT2D eigenvalue weighted by atomic mass is 32.1. The number of benzene rings is 1. The first-order valence-electron chi connectivity index (χ1n) is 6.96. The van der Waals surface area contributed by atoms with Gasteiger partial charge in [0.1, 0.15) is 0 Å². The van der Waals surface area contributed by atoms with Crippen molar-refractivity contribution in [1.29, 1.82) is 0 Å². The minimum absolute atomic E-state index is 0.0379. The monoisotopic (exact) mass is 289 g/mol. The zero-order valence-corrected chi connectivity index (χ0v) is 12.2. The van der Waals surface area contributed by atoms with Crippen LogP contribution in [0.5, 0.6) is 0 Å². The van der Waals surface area contributed by atoms with Crippen LogP contribution >= 0.6 is 11.3 Å². The second kappa shape index (κ2) is 6.35. The van der Waals surface area contributed by atoms with Gasteiger partial charge in [-0.25, -0.2) is 0 Å². The summed E-state index contributed by atoms with van der Waals surface area (Å²) in [7, 11) is 0. The minimum Gasteiger partial charge on any atom is -0.315 e. The molecule has 1 saturated heterocycles. The Morgan fingerprint density at radius 3 is 2.90 bits per heavy atom. The molecule has 1 aliphatic heterocycles. The Balaban J connectivity index is 1.57. The fourth-order valence-corrected chi connectivity index (χ4v) is 3.28. The fourth-order valence-electron chi connectivity index (χ4n) is 2.71.